The van der Waals surface area contributed by atoms with Crippen molar-refractivity contribution in [2.24, 2.45) is 0 Å². The van der Waals surface area contributed by atoms with Crippen LogP contribution in [-0.2, 0) is 4.79 Å². The van der Waals surface area contributed by atoms with Crippen molar-refractivity contribution in [3.8, 4) is 0 Å². The van der Waals surface area contributed by atoms with Crippen LogP contribution in [0.2, 0.25) is 0 Å². The first-order valence-electron chi connectivity index (χ1n) is 7.09. The molecule has 1 aromatic rings. The monoisotopic (exact) mass is 382 g/mol. The Hall–Kier alpha value is -1.27. The lowest BCUT2D eigenvalue weighted by Crippen LogP contribution is -2.36. The minimum atomic E-state index is -0.197. The predicted molar refractivity (Wildman–Crippen MR) is 96.0 cm³/mol. The molecular formula is C16H19BrN2O2S. The van der Waals surface area contributed by atoms with Gasteiger partial charge in [-0.2, -0.15) is 0 Å². The molecule has 1 aliphatic rings. The van der Waals surface area contributed by atoms with Crippen molar-refractivity contribution in [3.05, 3.63) is 33.1 Å². The number of hydrogen-bond donors (Lipinski definition) is 0. The molecule has 0 bridgehead atoms. The number of carbonyl (C=O) groups is 2. The molecule has 0 aliphatic carbocycles. The van der Waals surface area contributed by atoms with E-state index in [9.17, 15) is 9.59 Å². The van der Waals surface area contributed by atoms with Gasteiger partial charge >= 0.3 is 0 Å². The smallest absolute Gasteiger partial charge is 0.293 e. The molecule has 1 aromatic carbocycles. The lowest BCUT2D eigenvalue weighted by Gasteiger charge is -2.19. The number of halogens is 1. The van der Waals surface area contributed by atoms with Gasteiger partial charge in [-0.3, -0.25) is 14.5 Å². The molecule has 0 aromatic heterocycles. The van der Waals surface area contributed by atoms with Gasteiger partial charge < -0.3 is 4.90 Å². The third-order valence-electron chi connectivity index (χ3n) is 3.61. The standard InChI is InChI=1S/C16H19BrN2O2S/c1-5-10(2)19-15(20)14(22-16(19)21)9-11-6-7-13(18(3)4)12(17)8-11/h6-10H,5H2,1-4H3/b14-9+/t10-/m0/s1. The highest BCUT2D eigenvalue weighted by Gasteiger charge is 2.37. The summed E-state index contributed by atoms with van der Waals surface area (Å²) in [5, 5.41) is -0.186. The molecule has 4 nitrogen and oxygen atoms in total. The maximum Gasteiger partial charge on any atom is 0.293 e. The van der Waals surface area contributed by atoms with E-state index in [1.807, 2.05) is 51.0 Å². The minimum absolute atomic E-state index is 0.0683. The lowest BCUT2D eigenvalue weighted by atomic mass is 10.1. The molecule has 0 radical (unpaired) electrons. The number of benzene rings is 1. The topological polar surface area (TPSA) is 40.6 Å². The van der Waals surface area contributed by atoms with Crippen molar-refractivity contribution < 1.29 is 9.59 Å². The largest absolute Gasteiger partial charge is 0.377 e. The van der Waals surface area contributed by atoms with Gasteiger partial charge in [0.05, 0.1) is 10.6 Å². The van der Waals surface area contributed by atoms with Gasteiger partial charge in [0, 0.05) is 24.6 Å². The van der Waals surface area contributed by atoms with E-state index < -0.39 is 0 Å². The molecule has 0 unspecified atom stereocenters. The van der Waals surface area contributed by atoms with Gasteiger partial charge in [-0.1, -0.05) is 13.0 Å². The Kier molecular flexibility index (Phi) is 5.34. The molecule has 1 fully saturated rings. The van der Waals surface area contributed by atoms with Crippen LogP contribution in [0.1, 0.15) is 25.8 Å². The van der Waals surface area contributed by atoms with E-state index in [0.29, 0.717) is 4.91 Å². The van der Waals surface area contributed by atoms with Crippen molar-refractivity contribution in [2.45, 2.75) is 26.3 Å². The molecule has 6 heteroatoms. The lowest BCUT2D eigenvalue weighted by molar-refractivity contribution is -0.124. The molecular weight excluding hydrogens is 364 g/mol. The van der Waals surface area contributed by atoms with Crippen molar-refractivity contribution in [3.63, 3.8) is 0 Å². The summed E-state index contributed by atoms with van der Waals surface area (Å²) in [6.07, 6.45) is 2.53. The summed E-state index contributed by atoms with van der Waals surface area (Å²) >= 11 is 4.54. The second kappa shape index (κ2) is 6.87. The molecule has 1 atom stereocenters. The van der Waals surface area contributed by atoms with Gasteiger partial charge in [0.1, 0.15) is 0 Å². The molecule has 0 spiro atoms. The molecule has 1 aliphatic heterocycles. The van der Waals surface area contributed by atoms with E-state index in [2.05, 4.69) is 15.9 Å². The van der Waals surface area contributed by atoms with E-state index in [0.717, 1.165) is 33.9 Å². The number of rotatable bonds is 4. The van der Waals surface area contributed by atoms with Crippen molar-refractivity contribution >= 4 is 50.6 Å². The van der Waals surface area contributed by atoms with Gasteiger partial charge in [0.25, 0.3) is 11.1 Å². The Morgan fingerprint density at radius 1 is 1.36 bits per heavy atom. The Bertz CT molecular complexity index is 643. The minimum Gasteiger partial charge on any atom is -0.377 e. The first kappa shape index (κ1) is 17.1. The first-order chi connectivity index (χ1) is 10.3. The van der Waals surface area contributed by atoms with Gasteiger partial charge in [0.15, 0.2) is 0 Å². The van der Waals surface area contributed by atoms with Crippen LogP contribution in [0.25, 0.3) is 6.08 Å². The average Bonchev–Trinajstić information content (AvgIpc) is 2.72. The number of nitrogens with zero attached hydrogens (tertiary/aromatic N) is 2. The number of thioether (sulfide) groups is 1. The van der Waals surface area contributed by atoms with Crippen molar-refractivity contribution in [1.82, 2.24) is 4.90 Å². The van der Waals surface area contributed by atoms with Crippen LogP contribution in [0, 0.1) is 0 Å². The Morgan fingerprint density at radius 3 is 2.59 bits per heavy atom. The Morgan fingerprint density at radius 2 is 2.05 bits per heavy atom. The maximum atomic E-state index is 12.4. The quantitative estimate of drug-likeness (QED) is 0.725. The normalized spacial score (nSPS) is 18.2. The van der Waals surface area contributed by atoms with E-state index in [4.69, 9.17) is 0 Å². The zero-order valence-corrected chi connectivity index (χ0v) is 15.5. The Labute approximate surface area is 143 Å². The molecule has 118 valence electrons. The third-order valence-corrected chi connectivity index (χ3v) is 5.13. The molecule has 2 amide bonds. The van der Waals surface area contributed by atoms with Crippen LogP contribution in [0.4, 0.5) is 10.5 Å². The molecule has 0 N–H and O–H groups in total. The highest BCUT2D eigenvalue weighted by atomic mass is 79.9. The summed E-state index contributed by atoms with van der Waals surface area (Å²) in [5.41, 5.74) is 1.96. The second-order valence-electron chi connectivity index (χ2n) is 5.41. The van der Waals surface area contributed by atoms with Crippen molar-refractivity contribution in [1.29, 1.82) is 0 Å². The average molecular weight is 383 g/mol. The zero-order chi connectivity index (χ0) is 16.4. The fraction of sp³-hybridized carbons (Fsp3) is 0.375. The molecule has 2 rings (SSSR count). The molecule has 1 saturated heterocycles. The second-order valence-corrected chi connectivity index (χ2v) is 7.26. The highest BCUT2D eigenvalue weighted by Crippen LogP contribution is 2.35. The number of amides is 2. The summed E-state index contributed by atoms with van der Waals surface area (Å²) in [5.74, 6) is -0.197. The third kappa shape index (κ3) is 3.38. The van der Waals surface area contributed by atoms with Gasteiger partial charge in [0.2, 0.25) is 0 Å². The van der Waals surface area contributed by atoms with Gasteiger partial charge in [-0.25, -0.2) is 0 Å². The van der Waals surface area contributed by atoms with Crippen molar-refractivity contribution in [2.75, 3.05) is 19.0 Å². The van der Waals surface area contributed by atoms with Gasteiger partial charge in [-0.15, -0.1) is 0 Å². The molecule has 1 heterocycles. The SMILES string of the molecule is CC[C@H](C)N1C(=O)S/C(=C/c2ccc(N(C)C)c(Br)c2)C1=O. The Balaban J connectivity index is 2.29. The summed E-state index contributed by atoms with van der Waals surface area (Å²) < 4.78 is 0.951. The van der Waals surface area contributed by atoms with E-state index in [1.165, 1.54) is 4.90 Å². The number of imide groups is 1. The summed E-state index contributed by atoms with van der Waals surface area (Å²) in [6.45, 7) is 3.86. The van der Waals surface area contributed by atoms with E-state index >= 15 is 0 Å². The van der Waals surface area contributed by atoms with Crippen LogP contribution in [0.5, 0.6) is 0 Å². The summed E-state index contributed by atoms with van der Waals surface area (Å²) in [6, 6.07) is 5.81. The number of hydrogen-bond acceptors (Lipinski definition) is 4. The van der Waals surface area contributed by atoms with Crippen LogP contribution < -0.4 is 4.90 Å². The molecule has 0 saturated carbocycles. The van der Waals surface area contributed by atoms with Crippen LogP contribution >= 0.6 is 27.7 Å². The van der Waals surface area contributed by atoms with E-state index in [1.54, 1.807) is 6.08 Å². The maximum absolute atomic E-state index is 12.4. The van der Waals surface area contributed by atoms with Crippen LogP contribution in [0.15, 0.2) is 27.6 Å². The van der Waals surface area contributed by atoms with Gasteiger partial charge in [-0.05, 0) is 64.8 Å². The van der Waals surface area contributed by atoms with Crippen LogP contribution in [-0.4, -0.2) is 36.2 Å². The van der Waals surface area contributed by atoms with Crippen LogP contribution in [0.3, 0.4) is 0 Å². The number of anilines is 1. The fourth-order valence-corrected chi connectivity index (χ4v) is 3.85. The zero-order valence-electron chi connectivity index (χ0n) is 13.1. The highest BCUT2D eigenvalue weighted by molar-refractivity contribution is 9.10. The first-order valence-corrected chi connectivity index (χ1v) is 8.70. The predicted octanol–water partition coefficient (Wildman–Crippen LogP) is 4.35. The fourth-order valence-electron chi connectivity index (χ4n) is 2.17. The molecule has 22 heavy (non-hydrogen) atoms. The summed E-state index contributed by atoms with van der Waals surface area (Å²) in [4.78, 5) is 28.2. The van der Waals surface area contributed by atoms with E-state index in [-0.39, 0.29) is 17.2 Å². The number of carbonyl (C=O) groups excluding carboxylic acids is 2. The summed E-state index contributed by atoms with van der Waals surface area (Å²) in [7, 11) is 3.94.